The van der Waals surface area contributed by atoms with Crippen LogP contribution in [-0.4, -0.2) is 23.5 Å². The Hall–Kier alpha value is -3.08. The monoisotopic (exact) mass is 376 g/mol. The van der Waals surface area contributed by atoms with E-state index in [0.29, 0.717) is 11.4 Å². The summed E-state index contributed by atoms with van der Waals surface area (Å²) in [7, 11) is 1.57. The van der Waals surface area contributed by atoms with Crippen LogP contribution in [0.3, 0.4) is 0 Å². The maximum Gasteiger partial charge on any atom is 0.241 e. The van der Waals surface area contributed by atoms with Gasteiger partial charge in [-0.1, -0.05) is 37.6 Å². The number of carbonyl (C=O) groups is 2. The van der Waals surface area contributed by atoms with Crippen molar-refractivity contribution in [3.05, 3.63) is 60.3 Å². The number of ether oxygens (including phenoxy) is 1. The molecule has 5 heteroatoms. The van der Waals surface area contributed by atoms with Crippen molar-refractivity contribution < 1.29 is 14.3 Å². The number of aryl methyl sites for hydroxylation is 1. The third-order valence-corrected chi connectivity index (χ3v) is 5.41. The third-order valence-electron chi connectivity index (χ3n) is 5.41. The molecule has 1 atom stereocenters. The minimum Gasteiger partial charge on any atom is -0.497 e. The number of methoxy groups -OCH3 is 1. The van der Waals surface area contributed by atoms with Gasteiger partial charge in [-0.15, -0.1) is 0 Å². The van der Waals surface area contributed by atoms with Crippen LogP contribution in [0.1, 0.15) is 37.7 Å². The number of amides is 2. The Kier molecular flexibility index (Phi) is 4.90. The molecule has 28 heavy (non-hydrogen) atoms. The molecule has 0 bridgehead atoms. The molecule has 144 valence electrons. The van der Waals surface area contributed by atoms with Gasteiger partial charge in [0.2, 0.25) is 11.8 Å². The summed E-state index contributed by atoms with van der Waals surface area (Å²) in [5, 5.41) is 1.05. The van der Waals surface area contributed by atoms with Gasteiger partial charge in [-0.2, -0.15) is 0 Å². The van der Waals surface area contributed by atoms with Crippen molar-refractivity contribution in [3.8, 4) is 5.75 Å². The molecule has 0 aliphatic carbocycles. The number of nitrogens with zero attached hydrogens (tertiary/aromatic N) is 2. The van der Waals surface area contributed by atoms with E-state index in [-0.39, 0.29) is 18.2 Å². The molecular formula is C23H24N2O3. The van der Waals surface area contributed by atoms with Gasteiger partial charge in [0.15, 0.2) is 0 Å². The van der Waals surface area contributed by atoms with Crippen molar-refractivity contribution in [1.29, 1.82) is 0 Å². The second kappa shape index (κ2) is 7.50. The molecule has 1 saturated heterocycles. The SMILES string of the molecule is CCCCn1cc([C@H]2CC(=O)N(c3cccc(OC)c3)C2=O)c2ccccc21. The molecule has 0 unspecified atom stereocenters. The van der Waals surface area contributed by atoms with E-state index in [2.05, 4.69) is 23.8 Å². The standard InChI is InChI=1S/C23H24N2O3/c1-3-4-12-24-15-20(18-10-5-6-11-21(18)24)19-14-22(26)25(23(19)27)16-8-7-9-17(13-16)28-2/h5-11,13,15,19H,3-4,12,14H2,1-2H3/t19-/m1/s1. The normalized spacial score (nSPS) is 16.9. The van der Waals surface area contributed by atoms with E-state index in [1.807, 2.05) is 18.2 Å². The Morgan fingerprint density at radius 1 is 1.11 bits per heavy atom. The third kappa shape index (κ3) is 3.07. The van der Waals surface area contributed by atoms with Gasteiger partial charge in [0.05, 0.1) is 18.7 Å². The van der Waals surface area contributed by atoms with Gasteiger partial charge in [0.1, 0.15) is 5.75 Å². The zero-order valence-electron chi connectivity index (χ0n) is 16.2. The van der Waals surface area contributed by atoms with Crippen LogP contribution in [0.15, 0.2) is 54.7 Å². The van der Waals surface area contributed by atoms with Gasteiger partial charge in [-0.25, -0.2) is 4.90 Å². The van der Waals surface area contributed by atoms with Crippen LogP contribution in [0.5, 0.6) is 5.75 Å². The molecule has 2 amide bonds. The number of rotatable bonds is 6. The highest BCUT2D eigenvalue weighted by molar-refractivity contribution is 6.23. The van der Waals surface area contributed by atoms with Gasteiger partial charge in [-0.3, -0.25) is 9.59 Å². The lowest BCUT2D eigenvalue weighted by atomic mass is 9.97. The molecule has 1 fully saturated rings. The Balaban J connectivity index is 1.72. The Morgan fingerprint density at radius 3 is 2.71 bits per heavy atom. The zero-order chi connectivity index (χ0) is 19.7. The topological polar surface area (TPSA) is 51.5 Å². The van der Waals surface area contributed by atoms with E-state index in [0.717, 1.165) is 35.9 Å². The van der Waals surface area contributed by atoms with Crippen molar-refractivity contribution >= 4 is 28.4 Å². The molecule has 0 saturated carbocycles. The van der Waals surface area contributed by atoms with Crippen LogP contribution >= 0.6 is 0 Å². The van der Waals surface area contributed by atoms with E-state index in [1.165, 1.54) is 4.90 Å². The molecule has 5 nitrogen and oxygen atoms in total. The summed E-state index contributed by atoms with van der Waals surface area (Å²) in [6.45, 7) is 3.07. The average Bonchev–Trinajstić information content (AvgIpc) is 3.23. The molecule has 2 heterocycles. The highest BCUT2D eigenvalue weighted by Gasteiger charge is 2.41. The second-order valence-corrected chi connectivity index (χ2v) is 7.17. The highest BCUT2D eigenvalue weighted by Crippen LogP contribution is 2.38. The van der Waals surface area contributed by atoms with Crippen molar-refractivity contribution in [2.75, 3.05) is 12.0 Å². The van der Waals surface area contributed by atoms with Crippen LogP contribution in [-0.2, 0) is 16.1 Å². The maximum atomic E-state index is 13.2. The van der Waals surface area contributed by atoms with E-state index < -0.39 is 5.92 Å². The molecule has 1 aromatic heterocycles. The van der Waals surface area contributed by atoms with Gasteiger partial charge in [-0.05, 0) is 30.2 Å². The lowest BCUT2D eigenvalue weighted by Gasteiger charge is -2.15. The highest BCUT2D eigenvalue weighted by atomic mass is 16.5. The van der Waals surface area contributed by atoms with E-state index >= 15 is 0 Å². The summed E-state index contributed by atoms with van der Waals surface area (Å²) in [6.07, 6.45) is 4.43. The predicted octanol–water partition coefficient (Wildman–Crippen LogP) is 4.50. The quantitative estimate of drug-likeness (QED) is 0.595. The molecule has 3 aromatic rings. The minimum atomic E-state index is -0.452. The smallest absolute Gasteiger partial charge is 0.241 e. The number of benzene rings is 2. The molecule has 2 aromatic carbocycles. The minimum absolute atomic E-state index is 0.170. The zero-order valence-corrected chi connectivity index (χ0v) is 16.2. The fraction of sp³-hybridized carbons (Fsp3) is 0.304. The molecule has 1 aliphatic heterocycles. The summed E-state index contributed by atoms with van der Waals surface area (Å²) in [4.78, 5) is 27.3. The van der Waals surface area contributed by atoms with Crippen molar-refractivity contribution in [1.82, 2.24) is 4.57 Å². The van der Waals surface area contributed by atoms with Gasteiger partial charge >= 0.3 is 0 Å². The number of unbranched alkanes of at least 4 members (excludes halogenated alkanes) is 1. The number of para-hydroxylation sites is 1. The van der Waals surface area contributed by atoms with E-state index in [4.69, 9.17) is 4.74 Å². The lowest BCUT2D eigenvalue weighted by Crippen LogP contribution is -2.30. The summed E-state index contributed by atoms with van der Waals surface area (Å²) < 4.78 is 7.45. The number of aromatic nitrogens is 1. The first kappa shape index (κ1) is 18.3. The molecule has 0 N–H and O–H groups in total. The van der Waals surface area contributed by atoms with Crippen molar-refractivity contribution in [2.45, 2.75) is 38.6 Å². The fourth-order valence-electron chi connectivity index (χ4n) is 3.96. The molecule has 0 spiro atoms. The molecule has 0 radical (unpaired) electrons. The Bertz CT molecular complexity index is 1040. The van der Waals surface area contributed by atoms with Crippen LogP contribution in [0.25, 0.3) is 10.9 Å². The summed E-state index contributed by atoms with van der Waals surface area (Å²) in [6, 6.07) is 15.2. The first-order chi connectivity index (χ1) is 13.6. The average molecular weight is 376 g/mol. The van der Waals surface area contributed by atoms with E-state index in [9.17, 15) is 9.59 Å². The molecule has 1 aliphatic rings. The number of carbonyl (C=O) groups excluding carboxylic acids is 2. The predicted molar refractivity (Wildman–Crippen MR) is 110 cm³/mol. The Labute approximate surface area is 164 Å². The largest absolute Gasteiger partial charge is 0.497 e. The van der Waals surface area contributed by atoms with Gasteiger partial charge in [0.25, 0.3) is 0 Å². The first-order valence-electron chi connectivity index (χ1n) is 9.72. The number of hydrogen-bond donors (Lipinski definition) is 0. The fourth-order valence-corrected chi connectivity index (χ4v) is 3.96. The van der Waals surface area contributed by atoms with Gasteiger partial charge in [0, 0.05) is 36.1 Å². The second-order valence-electron chi connectivity index (χ2n) is 7.17. The molecular weight excluding hydrogens is 352 g/mol. The van der Waals surface area contributed by atoms with Crippen LogP contribution in [0.4, 0.5) is 5.69 Å². The first-order valence-corrected chi connectivity index (χ1v) is 9.72. The van der Waals surface area contributed by atoms with Crippen LogP contribution < -0.4 is 9.64 Å². The summed E-state index contributed by atoms with van der Waals surface area (Å²) >= 11 is 0. The number of imide groups is 1. The van der Waals surface area contributed by atoms with Crippen molar-refractivity contribution in [2.24, 2.45) is 0 Å². The molecule has 4 rings (SSSR count). The van der Waals surface area contributed by atoms with Gasteiger partial charge < -0.3 is 9.30 Å². The van der Waals surface area contributed by atoms with Crippen LogP contribution in [0, 0.1) is 0 Å². The number of hydrogen-bond acceptors (Lipinski definition) is 3. The lowest BCUT2D eigenvalue weighted by molar-refractivity contribution is -0.121. The summed E-state index contributed by atoms with van der Waals surface area (Å²) in [5.41, 5.74) is 2.62. The summed E-state index contributed by atoms with van der Waals surface area (Å²) in [5.74, 6) is -0.172. The number of anilines is 1. The van der Waals surface area contributed by atoms with Crippen molar-refractivity contribution in [3.63, 3.8) is 0 Å². The Morgan fingerprint density at radius 2 is 1.93 bits per heavy atom. The number of fused-ring (bicyclic) bond motifs is 1. The van der Waals surface area contributed by atoms with Crippen LogP contribution in [0.2, 0.25) is 0 Å². The van der Waals surface area contributed by atoms with E-state index in [1.54, 1.807) is 31.4 Å². The maximum absolute atomic E-state index is 13.2.